The monoisotopic (exact) mass is 260 g/mol. The summed E-state index contributed by atoms with van der Waals surface area (Å²) in [5, 5.41) is 5.53. The second-order valence-corrected chi connectivity index (χ2v) is 4.11. The van der Waals surface area contributed by atoms with Gasteiger partial charge < -0.3 is 10.6 Å². The molecule has 1 amide bonds. The van der Waals surface area contributed by atoms with Crippen LogP contribution < -0.4 is 16.2 Å². The van der Waals surface area contributed by atoms with Gasteiger partial charge in [0.05, 0.1) is 12.7 Å². The molecule has 0 spiro atoms. The molecule has 19 heavy (non-hydrogen) atoms. The molecule has 2 aromatic heterocycles. The Balaban J connectivity index is 2.11. The summed E-state index contributed by atoms with van der Waals surface area (Å²) < 4.78 is 1.44. The first kappa shape index (κ1) is 13.1. The van der Waals surface area contributed by atoms with Crippen LogP contribution in [0.1, 0.15) is 13.3 Å². The van der Waals surface area contributed by atoms with Gasteiger partial charge in [-0.05, 0) is 18.6 Å². The molecule has 2 N–H and O–H groups in total. The predicted octanol–water partition coefficient (Wildman–Crippen LogP) is 0.633. The number of pyridine rings is 1. The van der Waals surface area contributed by atoms with Gasteiger partial charge in [0, 0.05) is 12.7 Å². The van der Waals surface area contributed by atoms with Crippen molar-refractivity contribution in [1.82, 2.24) is 14.7 Å². The molecule has 6 nitrogen and oxygen atoms in total. The van der Waals surface area contributed by atoms with Crippen LogP contribution in [0.25, 0.3) is 5.65 Å². The van der Waals surface area contributed by atoms with Crippen molar-refractivity contribution in [2.75, 3.05) is 18.4 Å². The maximum Gasteiger partial charge on any atom is 0.281 e. The highest BCUT2D eigenvalue weighted by Crippen LogP contribution is 2.00. The molecule has 0 aliphatic carbocycles. The highest BCUT2D eigenvalue weighted by atomic mass is 16.2. The van der Waals surface area contributed by atoms with Crippen molar-refractivity contribution in [3.05, 3.63) is 40.9 Å². The topological polar surface area (TPSA) is 75.5 Å². The lowest BCUT2D eigenvalue weighted by Crippen LogP contribution is -2.32. The number of hydrogen-bond donors (Lipinski definition) is 2. The molecule has 100 valence electrons. The molecule has 2 aromatic rings. The van der Waals surface area contributed by atoms with E-state index in [4.69, 9.17) is 0 Å². The molecule has 0 fully saturated rings. The number of anilines is 1. The van der Waals surface area contributed by atoms with Gasteiger partial charge in [-0.25, -0.2) is 4.98 Å². The summed E-state index contributed by atoms with van der Waals surface area (Å²) in [4.78, 5) is 27.7. The van der Waals surface area contributed by atoms with E-state index < -0.39 is 0 Å². The number of nitrogens with one attached hydrogen (secondary N) is 2. The Morgan fingerprint density at radius 1 is 1.42 bits per heavy atom. The Morgan fingerprint density at radius 2 is 2.26 bits per heavy atom. The van der Waals surface area contributed by atoms with Crippen molar-refractivity contribution < 1.29 is 4.79 Å². The number of fused-ring (bicyclic) bond motifs is 1. The molecule has 2 heterocycles. The zero-order chi connectivity index (χ0) is 13.7. The minimum atomic E-state index is -0.214. The third kappa shape index (κ3) is 3.09. The lowest BCUT2D eigenvalue weighted by Gasteiger charge is -2.07. The smallest absolute Gasteiger partial charge is 0.281 e. The number of nitrogens with zero attached hydrogens (tertiary/aromatic N) is 2. The van der Waals surface area contributed by atoms with Crippen molar-refractivity contribution in [2.24, 2.45) is 0 Å². The van der Waals surface area contributed by atoms with Crippen LogP contribution in [-0.4, -0.2) is 28.4 Å². The molecule has 0 bridgehead atoms. The first-order chi connectivity index (χ1) is 9.22. The molecule has 0 radical (unpaired) electrons. The van der Waals surface area contributed by atoms with E-state index in [0.717, 1.165) is 6.42 Å². The SMILES string of the molecule is CCCNC(=O)CNc1cnc2ccccn2c1=O. The molecular formula is C13H16N4O2. The van der Waals surface area contributed by atoms with E-state index in [1.807, 2.05) is 13.0 Å². The average molecular weight is 260 g/mol. The van der Waals surface area contributed by atoms with Gasteiger partial charge >= 0.3 is 0 Å². The quantitative estimate of drug-likeness (QED) is 0.827. The lowest BCUT2D eigenvalue weighted by molar-refractivity contribution is -0.119. The third-order valence-electron chi connectivity index (χ3n) is 2.63. The lowest BCUT2D eigenvalue weighted by atomic mass is 10.4. The number of aromatic nitrogens is 2. The van der Waals surface area contributed by atoms with E-state index in [2.05, 4.69) is 15.6 Å². The van der Waals surface area contributed by atoms with Crippen LogP contribution in [0.4, 0.5) is 5.69 Å². The molecule has 0 aliphatic heterocycles. The van der Waals surface area contributed by atoms with E-state index >= 15 is 0 Å². The summed E-state index contributed by atoms with van der Waals surface area (Å²) >= 11 is 0. The molecule has 0 saturated carbocycles. The molecule has 0 aliphatic rings. The molecule has 0 atom stereocenters. The van der Waals surface area contributed by atoms with Gasteiger partial charge in [-0.3, -0.25) is 14.0 Å². The maximum atomic E-state index is 12.1. The van der Waals surface area contributed by atoms with Gasteiger partial charge in [-0.2, -0.15) is 0 Å². The number of amides is 1. The Hall–Kier alpha value is -2.37. The Kier molecular flexibility index (Phi) is 4.12. The van der Waals surface area contributed by atoms with Crippen LogP contribution in [0.15, 0.2) is 35.4 Å². The maximum absolute atomic E-state index is 12.1. The zero-order valence-electron chi connectivity index (χ0n) is 10.7. The fourth-order valence-electron chi connectivity index (χ4n) is 1.65. The predicted molar refractivity (Wildman–Crippen MR) is 73.3 cm³/mol. The summed E-state index contributed by atoms with van der Waals surface area (Å²) in [6.45, 7) is 2.68. The third-order valence-corrected chi connectivity index (χ3v) is 2.63. The first-order valence-corrected chi connectivity index (χ1v) is 6.19. The second-order valence-electron chi connectivity index (χ2n) is 4.11. The van der Waals surface area contributed by atoms with Gasteiger partial charge in [-0.15, -0.1) is 0 Å². The van der Waals surface area contributed by atoms with E-state index in [-0.39, 0.29) is 18.0 Å². The zero-order valence-corrected chi connectivity index (χ0v) is 10.7. The molecule has 0 saturated heterocycles. The fourth-order valence-corrected chi connectivity index (χ4v) is 1.65. The normalized spacial score (nSPS) is 10.4. The van der Waals surface area contributed by atoms with E-state index in [1.165, 1.54) is 10.6 Å². The molecular weight excluding hydrogens is 244 g/mol. The van der Waals surface area contributed by atoms with Gasteiger partial charge in [0.1, 0.15) is 11.3 Å². The average Bonchev–Trinajstić information content (AvgIpc) is 2.44. The van der Waals surface area contributed by atoms with Crippen LogP contribution in [0.3, 0.4) is 0 Å². The Labute approximate surface area is 110 Å². The van der Waals surface area contributed by atoms with Crippen molar-refractivity contribution in [3.63, 3.8) is 0 Å². The van der Waals surface area contributed by atoms with Gasteiger partial charge in [0.2, 0.25) is 5.91 Å². The van der Waals surface area contributed by atoms with Crippen LogP contribution in [0, 0.1) is 0 Å². The van der Waals surface area contributed by atoms with Crippen LogP contribution in [0.5, 0.6) is 0 Å². The summed E-state index contributed by atoms with van der Waals surface area (Å²) in [6, 6.07) is 5.32. The van der Waals surface area contributed by atoms with Crippen LogP contribution >= 0.6 is 0 Å². The number of carbonyl (C=O) groups excluding carboxylic acids is 1. The molecule has 2 rings (SSSR count). The van der Waals surface area contributed by atoms with Crippen LogP contribution in [0.2, 0.25) is 0 Å². The van der Waals surface area contributed by atoms with E-state index in [1.54, 1.807) is 18.3 Å². The summed E-state index contributed by atoms with van der Waals surface area (Å²) in [6.07, 6.45) is 3.98. The largest absolute Gasteiger partial charge is 0.370 e. The summed E-state index contributed by atoms with van der Waals surface area (Å²) in [7, 11) is 0. The fraction of sp³-hybridized carbons (Fsp3) is 0.308. The summed E-state index contributed by atoms with van der Waals surface area (Å²) in [5.74, 6) is -0.139. The Morgan fingerprint density at radius 3 is 3.05 bits per heavy atom. The highest BCUT2D eigenvalue weighted by Gasteiger charge is 2.05. The number of rotatable bonds is 5. The number of carbonyl (C=O) groups is 1. The van der Waals surface area contributed by atoms with Crippen molar-refractivity contribution in [3.8, 4) is 0 Å². The minimum absolute atomic E-state index is 0.0653. The Bertz CT molecular complexity index is 636. The highest BCUT2D eigenvalue weighted by molar-refractivity contribution is 5.80. The van der Waals surface area contributed by atoms with E-state index in [9.17, 15) is 9.59 Å². The van der Waals surface area contributed by atoms with Gasteiger partial charge in [0.15, 0.2) is 0 Å². The van der Waals surface area contributed by atoms with Crippen molar-refractivity contribution >= 4 is 17.2 Å². The van der Waals surface area contributed by atoms with Gasteiger partial charge in [-0.1, -0.05) is 13.0 Å². The molecule has 0 aromatic carbocycles. The van der Waals surface area contributed by atoms with Crippen molar-refractivity contribution in [1.29, 1.82) is 0 Å². The molecule has 6 heteroatoms. The minimum Gasteiger partial charge on any atom is -0.370 e. The van der Waals surface area contributed by atoms with Gasteiger partial charge in [0.25, 0.3) is 5.56 Å². The number of hydrogen-bond acceptors (Lipinski definition) is 4. The second kappa shape index (κ2) is 5.99. The summed E-state index contributed by atoms with van der Waals surface area (Å²) in [5.41, 5.74) is 0.678. The standard InChI is InChI=1S/C13H16N4O2/c1-2-6-14-12(18)9-15-10-8-16-11-5-3-4-7-17(11)13(10)19/h3-5,7-8,15H,2,6,9H2,1H3,(H,14,18). The first-order valence-electron chi connectivity index (χ1n) is 6.19. The molecule has 0 unspecified atom stereocenters. The van der Waals surface area contributed by atoms with Crippen LogP contribution in [-0.2, 0) is 4.79 Å². The van der Waals surface area contributed by atoms with Crippen molar-refractivity contribution in [2.45, 2.75) is 13.3 Å². The van der Waals surface area contributed by atoms with E-state index in [0.29, 0.717) is 17.9 Å².